The van der Waals surface area contributed by atoms with Crippen LogP contribution in [0, 0.1) is 5.92 Å². The highest BCUT2D eigenvalue weighted by Gasteiger charge is 2.32. The number of Topliss-reactive ketones (excluding diaryl/α,β-unsaturated/α-hetero) is 3. The van der Waals surface area contributed by atoms with Crippen molar-refractivity contribution in [2.75, 3.05) is 0 Å². The van der Waals surface area contributed by atoms with Gasteiger partial charge in [-0.25, -0.2) is 4.79 Å². The Hall–Kier alpha value is -1.52. The molecular formula is C9H12O5. The molecule has 5 heteroatoms. The van der Waals surface area contributed by atoms with Crippen LogP contribution in [0.25, 0.3) is 0 Å². The Bertz CT molecular complexity index is 279. The predicted molar refractivity (Wildman–Crippen MR) is 46.7 cm³/mol. The minimum atomic E-state index is -1.67. The first-order valence-corrected chi connectivity index (χ1v) is 4.29. The third-order valence-corrected chi connectivity index (χ3v) is 1.85. The number of rotatable bonds is 6. The number of aliphatic carboxylic acids is 1. The Balaban J connectivity index is 4.73. The maximum Gasteiger partial charge on any atom is 0.372 e. The van der Waals surface area contributed by atoms with E-state index in [1.807, 2.05) is 0 Å². The second-order valence-corrected chi connectivity index (χ2v) is 2.77. The Morgan fingerprint density at radius 2 is 1.57 bits per heavy atom. The molecule has 0 spiro atoms. The average Bonchev–Trinajstić information content (AvgIpc) is 2.17. The molecule has 1 unspecified atom stereocenters. The summed E-state index contributed by atoms with van der Waals surface area (Å²) in [7, 11) is 0. The van der Waals surface area contributed by atoms with Crippen molar-refractivity contribution >= 4 is 23.3 Å². The van der Waals surface area contributed by atoms with Crippen LogP contribution in [0.4, 0.5) is 0 Å². The first-order chi connectivity index (χ1) is 6.45. The Kier molecular flexibility index (Phi) is 4.69. The predicted octanol–water partition coefficient (Wildman–Crippen LogP) is 0.214. The lowest BCUT2D eigenvalue weighted by Crippen LogP contribution is -2.33. The summed E-state index contributed by atoms with van der Waals surface area (Å²) in [4.78, 5) is 43.4. The molecule has 0 radical (unpaired) electrons. The van der Waals surface area contributed by atoms with Gasteiger partial charge in [-0.05, 0) is 6.42 Å². The van der Waals surface area contributed by atoms with Gasteiger partial charge in [-0.15, -0.1) is 0 Å². The van der Waals surface area contributed by atoms with E-state index in [1.165, 1.54) is 13.8 Å². The summed E-state index contributed by atoms with van der Waals surface area (Å²) in [6, 6.07) is 0. The summed E-state index contributed by atoms with van der Waals surface area (Å²) in [5.41, 5.74) is 0. The molecule has 0 aliphatic rings. The first-order valence-electron chi connectivity index (χ1n) is 4.29. The lowest BCUT2D eigenvalue weighted by molar-refractivity contribution is -0.154. The summed E-state index contributed by atoms with van der Waals surface area (Å²) >= 11 is 0. The molecule has 1 atom stereocenters. The van der Waals surface area contributed by atoms with Crippen LogP contribution >= 0.6 is 0 Å². The van der Waals surface area contributed by atoms with E-state index in [1.54, 1.807) is 0 Å². The molecule has 0 fully saturated rings. The molecule has 0 amide bonds. The highest BCUT2D eigenvalue weighted by Crippen LogP contribution is 2.08. The maximum absolute atomic E-state index is 11.2. The summed E-state index contributed by atoms with van der Waals surface area (Å²) in [6.45, 7) is 2.98. The number of carboxylic acid groups (broad SMARTS) is 1. The Morgan fingerprint density at radius 1 is 1.07 bits per heavy atom. The largest absolute Gasteiger partial charge is 0.475 e. The zero-order valence-electron chi connectivity index (χ0n) is 8.07. The van der Waals surface area contributed by atoms with Gasteiger partial charge in [-0.1, -0.05) is 13.8 Å². The van der Waals surface area contributed by atoms with Gasteiger partial charge in [0.05, 0.1) is 5.92 Å². The van der Waals surface area contributed by atoms with Gasteiger partial charge in [0.2, 0.25) is 5.78 Å². The van der Waals surface area contributed by atoms with Crippen LogP contribution in [0.1, 0.15) is 26.7 Å². The zero-order valence-corrected chi connectivity index (χ0v) is 8.07. The number of carboxylic acids is 1. The molecule has 0 rings (SSSR count). The molecule has 0 bridgehead atoms. The SMILES string of the molecule is CCC(=O)C(=O)C(CC)C(=O)C(=O)O. The third-order valence-electron chi connectivity index (χ3n) is 1.85. The number of hydrogen-bond donors (Lipinski definition) is 1. The molecule has 1 N–H and O–H groups in total. The van der Waals surface area contributed by atoms with Crippen molar-refractivity contribution in [1.29, 1.82) is 0 Å². The molecule has 0 aromatic heterocycles. The molecule has 0 aliphatic carbocycles. The van der Waals surface area contributed by atoms with Crippen LogP contribution < -0.4 is 0 Å². The Morgan fingerprint density at radius 3 is 1.86 bits per heavy atom. The van der Waals surface area contributed by atoms with Crippen molar-refractivity contribution in [3.05, 3.63) is 0 Å². The molecule has 78 valence electrons. The summed E-state index contributed by atoms with van der Waals surface area (Å²) < 4.78 is 0. The van der Waals surface area contributed by atoms with E-state index in [-0.39, 0.29) is 12.8 Å². The Labute approximate surface area is 81.1 Å². The van der Waals surface area contributed by atoms with Gasteiger partial charge in [0.15, 0.2) is 5.78 Å². The quantitative estimate of drug-likeness (QED) is 0.489. The molecule has 14 heavy (non-hydrogen) atoms. The number of ketones is 3. The molecule has 0 saturated carbocycles. The third kappa shape index (κ3) is 2.76. The second-order valence-electron chi connectivity index (χ2n) is 2.77. The lowest BCUT2D eigenvalue weighted by Gasteiger charge is -2.07. The number of carbonyl (C=O) groups is 4. The topological polar surface area (TPSA) is 88.5 Å². The maximum atomic E-state index is 11.2. The van der Waals surface area contributed by atoms with Crippen LogP contribution in [0.3, 0.4) is 0 Å². The normalized spacial score (nSPS) is 11.9. The fourth-order valence-corrected chi connectivity index (χ4v) is 1.01. The molecule has 0 heterocycles. The summed E-state index contributed by atoms with van der Waals surface area (Å²) in [5.74, 6) is -5.80. The van der Waals surface area contributed by atoms with Crippen molar-refractivity contribution in [3.8, 4) is 0 Å². The lowest BCUT2D eigenvalue weighted by atomic mass is 9.93. The number of hydrogen-bond acceptors (Lipinski definition) is 4. The van der Waals surface area contributed by atoms with Crippen molar-refractivity contribution in [2.24, 2.45) is 5.92 Å². The molecule has 0 aromatic rings. The van der Waals surface area contributed by atoms with Crippen LogP contribution in [-0.4, -0.2) is 28.4 Å². The fourth-order valence-electron chi connectivity index (χ4n) is 1.01. The molecule has 0 saturated heterocycles. The summed E-state index contributed by atoms with van der Waals surface area (Å²) in [6.07, 6.45) is 0.0257. The average molecular weight is 200 g/mol. The van der Waals surface area contributed by atoms with E-state index in [0.29, 0.717) is 0 Å². The fraction of sp³-hybridized carbons (Fsp3) is 0.556. The standard InChI is InChI=1S/C9H12O5/c1-3-5(8(12)9(13)14)7(11)6(10)4-2/h5H,3-4H2,1-2H3,(H,13,14). The van der Waals surface area contributed by atoms with Gasteiger partial charge in [-0.3, -0.25) is 14.4 Å². The first kappa shape index (κ1) is 12.5. The van der Waals surface area contributed by atoms with Gasteiger partial charge in [0.1, 0.15) is 0 Å². The van der Waals surface area contributed by atoms with E-state index < -0.39 is 29.2 Å². The minimum Gasteiger partial charge on any atom is -0.475 e. The van der Waals surface area contributed by atoms with E-state index in [4.69, 9.17) is 5.11 Å². The van der Waals surface area contributed by atoms with Gasteiger partial charge in [-0.2, -0.15) is 0 Å². The van der Waals surface area contributed by atoms with Crippen LogP contribution in [-0.2, 0) is 19.2 Å². The van der Waals surface area contributed by atoms with Gasteiger partial charge >= 0.3 is 5.97 Å². The highest BCUT2D eigenvalue weighted by atomic mass is 16.4. The smallest absolute Gasteiger partial charge is 0.372 e. The summed E-state index contributed by atoms with van der Waals surface area (Å²) in [5, 5.41) is 8.37. The molecule has 0 aliphatic heterocycles. The van der Waals surface area contributed by atoms with E-state index in [9.17, 15) is 19.2 Å². The molecule has 0 aromatic carbocycles. The number of carbonyl (C=O) groups excluding carboxylic acids is 3. The van der Waals surface area contributed by atoms with Crippen LogP contribution in [0.15, 0.2) is 0 Å². The van der Waals surface area contributed by atoms with E-state index >= 15 is 0 Å². The second kappa shape index (κ2) is 5.26. The minimum absolute atomic E-state index is 0.0117. The van der Waals surface area contributed by atoms with E-state index in [2.05, 4.69) is 0 Å². The van der Waals surface area contributed by atoms with Crippen LogP contribution in [0.5, 0.6) is 0 Å². The van der Waals surface area contributed by atoms with Gasteiger partial charge < -0.3 is 5.11 Å². The van der Waals surface area contributed by atoms with Gasteiger partial charge in [0, 0.05) is 6.42 Å². The van der Waals surface area contributed by atoms with Crippen molar-refractivity contribution in [1.82, 2.24) is 0 Å². The highest BCUT2D eigenvalue weighted by molar-refractivity contribution is 6.48. The molecular weight excluding hydrogens is 188 g/mol. The van der Waals surface area contributed by atoms with Crippen molar-refractivity contribution < 1.29 is 24.3 Å². The van der Waals surface area contributed by atoms with E-state index in [0.717, 1.165) is 0 Å². The zero-order chi connectivity index (χ0) is 11.3. The van der Waals surface area contributed by atoms with Crippen LogP contribution in [0.2, 0.25) is 0 Å². The van der Waals surface area contributed by atoms with Crippen molar-refractivity contribution in [3.63, 3.8) is 0 Å². The van der Waals surface area contributed by atoms with Gasteiger partial charge in [0.25, 0.3) is 5.78 Å². The molecule has 5 nitrogen and oxygen atoms in total. The van der Waals surface area contributed by atoms with Crippen molar-refractivity contribution in [2.45, 2.75) is 26.7 Å². The monoisotopic (exact) mass is 200 g/mol.